The molecule has 0 radical (unpaired) electrons. The zero-order valence-electron chi connectivity index (χ0n) is 22.5. The van der Waals surface area contributed by atoms with Gasteiger partial charge in [-0.25, -0.2) is 0 Å². The number of carbonyl (C=O) groups excluding carboxylic acids is 1. The van der Waals surface area contributed by atoms with Crippen LogP contribution in [0.15, 0.2) is 24.3 Å². The lowest BCUT2D eigenvalue weighted by Gasteiger charge is -2.27. The number of hydrogen-bond donors (Lipinski definition) is 5. The van der Waals surface area contributed by atoms with Gasteiger partial charge in [-0.2, -0.15) is 0 Å². The predicted molar refractivity (Wildman–Crippen MR) is 145 cm³/mol. The first kappa shape index (κ1) is 33.8. The lowest BCUT2D eigenvalue weighted by Crippen LogP contribution is -2.53. The molecule has 4 unspecified atom stereocenters. The molecule has 0 saturated heterocycles. The number of carbonyl (C=O) groups is 1. The average molecular weight is 498 g/mol. The molecule has 0 fully saturated rings. The molecule has 0 aromatic heterocycles. The third-order valence-electron chi connectivity index (χ3n) is 6.37. The van der Waals surface area contributed by atoms with Crippen molar-refractivity contribution in [3.8, 4) is 0 Å². The van der Waals surface area contributed by atoms with E-state index in [1.54, 1.807) is 0 Å². The van der Waals surface area contributed by atoms with Crippen LogP contribution in [0.3, 0.4) is 0 Å². The Hall–Kier alpha value is -1.21. The number of unbranched alkanes of at least 4 members (excludes halogenated alkanes) is 11. The van der Waals surface area contributed by atoms with E-state index in [-0.39, 0.29) is 0 Å². The van der Waals surface area contributed by atoms with E-state index >= 15 is 0 Å². The molecule has 35 heavy (non-hydrogen) atoms. The monoisotopic (exact) mass is 497 g/mol. The Morgan fingerprint density at radius 1 is 0.686 bits per heavy atom. The second-order valence-corrected chi connectivity index (χ2v) is 9.73. The first-order chi connectivity index (χ1) is 17.0. The normalized spacial score (nSPS) is 15.5. The van der Waals surface area contributed by atoms with Gasteiger partial charge in [0.2, 0.25) is 5.91 Å². The van der Waals surface area contributed by atoms with Crippen LogP contribution in [0.25, 0.3) is 0 Å². The van der Waals surface area contributed by atoms with E-state index < -0.39 is 36.9 Å². The maximum atomic E-state index is 12.3. The summed E-state index contributed by atoms with van der Waals surface area (Å²) in [7, 11) is 0. The minimum atomic E-state index is -1.28. The van der Waals surface area contributed by atoms with Gasteiger partial charge in [-0.05, 0) is 44.9 Å². The Bertz CT molecular complexity index is 537. The first-order valence-electron chi connectivity index (χ1n) is 14.2. The number of allylic oxidation sites excluding steroid dienone is 4. The van der Waals surface area contributed by atoms with E-state index in [1.165, 1.54) is 44.9 Å². The summed E-state index contributed by atoms with van der Waals surface area (Å²) in [5, 5.41) is 42.9. The van der Waals surface area contributed by atoms with Crippen LogP contribution >= 0.6 is 0 Å². The molecule has 0 bridgehead atoms. The Morgan fingerprint density at radius 2 is 1.23 bits per heavy atom. The highest BCUT2D eigenvalue weighted by Gasteiger charge is 2.28. The van der Waals surface area contributed by atoms with Gasteiger partial charge in [0, 0.05) is 0 Å². The summed E-state index contributed by atoms with van der Waals surface area (Å²) in [6.45, 7) is 3.87. The van der Waals surface area contributed by atoms with Gasteiger partial charge in [-0.15, -0.1) is 0 Å². The van der Waals surface area contributed by atoms with E-state index in [1.807, 2.05) is 0 Å². The molecule has 0 heterocycles. The number of nitrogens with one attached hydrogen (secondary N) is 1. The molecule has 0 aromatic rings. The summed E-state index contributed by atoms with van der Waals surface area (Å²) in [6, 6.07) is -0.999. The van der Waals surface area contributed by atoms with Crippen LogP contribution in [0.4, 0.5) is 0 Å². The fourth-order valence-corrected chi connectivity index (χ4v) is 4.01. The third-order valence-corrected chi connectivity index (χ3v) is 6.37. The third kappa shape index (κ3) is 19.6. The minimum absolute atomic E-state index is 0.360. The summed E-state index contributed by atoms with van der Waals surface area (Å²) in [5.74, 6) is -0.606. The predicted octanol–water partition coefficient (Wildman–Crippen LogP) is 5.33. The van der Waals surface area contributed by atoms with Gasteiger partial charge >= 0.3 is 0 Å². The molecule has 0 aliphatic carbocycles. The second kappa shape index (κ2) is 24.5. The summed E-state index contributed by atoms with van der Waals surface area (Å²) in [4.78, 5) is 12.3. The topological polar surface area (TPSA) is 110 Å². The SMILES string of the molecule is CCC/C=C/CC/C=C/CCCC(O)C(O)C(CO)NC(=O)C(O)CCCCCCCCCCC. The largest absolute Gasteiger partial charge is 0.394 e. The Morgan fingerprint density at radius 3 is 1.80 bits per heavy atom. The smallest absolute Gasteiger partial charge is 0.249 e. The molecule has 4 atom stereocenters. The van der Waals surface area contributed by atoms with Crippen molar-refractivity contribution in [2.45, 2.75) is 147 Å². The molecule has 5 N–H and O–H groups in total. The van der Waals surface area contributed by atoms with Crippen molar-refractivity contribution < 1.29 is 25.2 Å². The van der Waals surface area contributed by atoms with Gasteiger partial charge in [0.15, 0.2) is 0 Å². The van der Waals surface area contributed by atoms with Crippen LogP contribution in [0.2, 0.25) is 0 Å². The summed E-state index contributed by atoms with van der Waals surface area (Å²) < 4.78 is 0. The van der Waals surface area contributed by atoms with Gasteiger partial charge in [-0.3, -0.25) is 4.79 Å². The van der Waals surface area contributed by atoms with Gasteiger partial charge in [0.1, 0.15) is 12.2 Å². The molecule has 0 saturated carbocycles. The van der Waals surface area contributed by atoms with Crippen molar-refractivity contribution in [1.82, 2.24) is 5.32 Å². The van der Waals surface area contributed by atoms with Crippen LogP contribution in [-0.4, -0.2) is 57.3 Å². The quantitative estimate of drug-likeness (QED) is 0.0914. The lowest BCUT2D eigenvalue weighted by molar-refractivity contribution is -0.132. The van der Waals surface area contributed by atoms with Crippen molar-refractivity contribution in [1.29, 1.82) is 0 Å². The van der Waals surface area contributed by atoms with Crippen molar-refractivity contribution in [3.05, 3.63) is 24.3 Å². The number of hydrogen-bond acceptors (Lipinski definition) is 5. The minimum Gasteiger partial charge on any atom is -0.394 e. The standard InChI is InChI=1S/C29H55NO5/c1-3-5-7-9-11-13-15-16-18-20-22-26(32)28(34)25(24-31)30-29(35)27(33)23-21-19-17-14-12-10-8-6-4-2/h7,9,15-16,25-28,31-34H,3-6,8,10-14,17-24H2,1-2H3,(H,30,35)/b9-7+,16-15+. The number of amides is 1. The van der Waals surface area contributed by atoms with E-state index in [0.717, 1.165) is 44.9 Å². The molecule has 6 heteroatoms. The van der Waals surface area contributed by atoms with Crippen LogP contribution in [0.1, 0.15) is 123 Å². The van der Waals surface area contributed by atoms with Gasteiger partial charge in [-0.1, -0.05) is 102 Å². The number of rotatable bonds is 24. The van der Waals surface area contributed by atoms with Gasteiger partial charge < -0.3 is 25.7 Å². The lowest BCUT2D eigenvalue weighted by atomic mass is 10.00. The van der Waals surface area contributed by atoms with E-state index in [0.29, 0.717) is 19.3 Å². The van der Waals surface area contributed by atoms with E-state index in [9.17, 15) is 25.2 Å². The van der Waals surface area contributed by atoms with Gasteiger partial charge in [0.25, 0.3) is 0 Å². The van der Waals surface area contributed by atoms with Crippen LogP contribution < -0.4 is 5.32 Å². The number of aliphatic hydroxyl groups is 4. The molecular formula is C29H55NO5. The van der Waals surface area contributed by atoms with Crippen molar-refractivity contribution in [3.63, 3.8) is 0 Å². The molecule has 1 amide bonds. The molecule has 206 valence electrons. The van der Waals surface area contributed by atoms with Crippen molar-refractivity contribution in [2.75, 3.05) is 6.61 Å². The van der Waals surface area contributed by atoms with E-state index in [4.69, 9.17) is 0 Å². The average Bonchev–Trinajstić information content (AvgIpc) is 2.86. The Labute approximate surface area is 214 Å². The fourth-order valence-electron chi connectivity index (χ4n) is 4.01. The summed E-state index contributed by atoms with van der Waals surface area (Å²) in [6.07, 6.45) is 22.1. The molecule has 0 aliphatic heterocycles. The Balaban J connectivity index is 4.04. The fraction of sp³-hybridized carbons (Fsp3) is 0.828. The zero-order chi connectivity index (χ0) is 26.2. The highest BCUT2D eigenvalue weighted by molar-refractivity contribution is 5.80. The molecule has 6 nitrogen and oxygen atoms in total. The highest BCUT2D eigenvalue weighted by atomic mass is 16.3. The van der Waals surface area contributed by atoms with Crippen LogP contribution in [0.5, 0.6) is 0 Å². The number of aliphatic hydroxyl groups excluding tert-OH is 4. The highest BCUT2D eigenvalue weighted by Crippen LogP contribution is 2.13. The Kier molecular flexibility index (Phi) is 23.6. The first-order valence-corrected chi connectivity index (χ1v) is 14.2. The second-order valence-electron chi connectivity index (χ2n) is 9.73. The maximum absolute atomic E-state index is 12.3. The van der Waals surface area contributed by atoms with Crippen molar-refractivity contribution in [2.24, 2.45) is 0 Å². The van der Waals surface area contributed by atoms with Crippen molar-refractivity contribution >= 4 is 5.91 Å². The van der Waals surface area contributed by atoms with Gasteiger partial charge in [0.05, 0.1) is 18.8 Å². The maximum Gasteiger partial charge on any atom is 0.249 e. The molecular weight excluding hydrogens is 442 g/mol. The molecule has 0 spiro atoms. The summed E-state index contributed by atoms with van der Waals surface area (Å²) in [5.41, 5.74) is 0. The van der Waals surface area contributed by atoms with E-state index in [2.05, 4.69) is 43.5 Å². The zero-order valence-corrected chi connectivity index (χ0v) is 22.5. The molecule has 0 aromatic carbocycles. The molecule has 0 aliphatic rings. The molecule has 0 rings (SSSR count). The summed E-state index contributed by atoms with van der Waals surface area (Å²) >= 11 is 0. The van der Waals surface area contributed by atoms with Crippen LogP contribution in [0, 0.1) is 0 Å². The van der Waals surface area contributed by atoms with Crippen LogP contribution in [-0.2, 0) is 4.79 Å².